The lowest BCUT2D eigenvalue weighted by atomic mass is 10.1. The average Bonchev–Trinajstić information content (AvgIpc) is 3.29. The topological polar surface area (TPSA) is 102 Å². The minimum absolute atomic E-state index is 0.0894. The summed E-state index contributed by atoms with van der Waals surface area (Å²) in [4.78, 5) is 43.8. The van der Waals surface area contributed by atoms with Gasteiger partial charge in [-0.1, -0.05) is 17.7 Å². The van der Waals surface area contributed by atoms with Gasteiger partial charge in [-0.15, -0.1) is 0 Å². The van der Waals surface area contributed by atoms with Crippen LogP contribution in [-0.4, -0.2) is 37.8 Å². The van der Waals surface area contributed by atoms with Crippen LogP contribution in [0.1, 0.15) is 32.8 Å². The van der Waals surface area contributed by atoms with Gasteiger partial charge in [-0.3, -0.25) is 19.8 Å². The summed E-state index contributed by atoms with van der Waals surface area (Å²) >= 11 is 0. The maximum Gasteiger partial charge on any atom is 0.283 e. The molecule has 0 radical (unpaired) electrons. The van der Waals surface area contributed by atoms with Gasteiger partial charge in [0.15, 0.2) is 5.65 Å². The van der Waals surface area contributed by atoms with Crippen LogP contribution in [0.25, 0.3) is 11.0 Å². The lowest BCUT2D eigenvalue weighted by Gasteiger charge is -2.19. The Kier molecular flexibility index (Phi) is 4.68. The summed E-state index contributed by atoms with van der Waals surface area (Å²) in [6.45, 7) is 8.13. The van der Waals surface area contributed by atoms with Crippen LogP contribution in [0, 0.1) is 12.8 Å². The van der Waals surface area contributed by atoms with E-state index in [0.29, 0.717) is 11.0 Å². The van der Waals surface area contributed by atoms with Crippen molar-refractivity contribution in [2.45, 2.75) is 39.7 Å². The molecule has 9 heteroatoms. The smallest absolute Gasteiger partial charge is 0.283 e. The molecule has 0 aliphatic carbocycles. The number of aromatic nitrogens is 4. The number of carbonyl (C=O) groups excluding carboxylic acids is 2. The summed E-state index contributed by atoms with van der Waals surface area (Å²) in [5.41, 5.74) is 4.15. The van der Waals surface area contributed by atoms with Crippen molar-refractivity contribution in [1.82, 2.24) is 19.4 Å². The molecule has 1 saturated heterocycles. The Morgan fingerprint density at radius 3 is 2.53 bits per heavy atom. The summed E-state index contributed by atoms with van der Waals surface area (Å²) in [6.07, 6.45) is 2.82. The summed E-state index contributed by atoms with van der Waals surface area (Å²) in [6, 6.07) is 7.58. The van der Waals surface area contributed by atoms with E-state index in [0.717, 1.165) is 15.9 Å². The van der Waals surface area contributed by atoms with E-state index in [1.807, 2.05) is 52.0 Å². The molecule has 2 amide bonds. The van der Waals surface area contributed by atoms with Gasteiger partial charge in [-0.25, -0.2) is 14.3 Å². The van der Waals surface area contributed by atoms with E-state index in [2.05, 4.69) is 15.5 Å². The molecule has 0 bridgehead atoms. The van der Waals surface area contributed by atoms with Crippen molar-refractivity contribution in [3.8, 4) is 0 Å². The lowest BCUT2D eigenvalue weighted by molar-refractivity contribution is -0.123. The zero-order chi connectivity index (χ0) is 21.6. The Labute approximate surface area is 173 Å². The first kappa shape index (κ1) is 19.8. The molecule has 1 aliphatic heterocycles. The molecule has 9 nitrogen and oxygen atoms in total. The number of amides is 2. The Morgan fingerprint density at radius 2 is 1.87 bits per heavy atom. The van der Waals surface area contributed by atoms with Crippen LogP contribution in [0.15, 0.2) is 41.6 Å². The molecule has 1 fully saturated rings. The van der Waals surface area contributed by atoms with Crippen molar-refractivity contribution >= 4 is 28.5 Å². The quantitative estimate of drug-likeness (QED) is 0.712. The third-order valence-corrected chi connectivity index (χ3v) is 5.20. The normalized spacial score (nSPS) is 17.0. The maximum absolute atomic E-state index is 12.8. The molecule has 1 aromatic carbocycles. The summed E-state index contributed by atoms with van der Waals surface area (Å²) in [5, 5.41) is 4.58. The Hall–Kier alpha value is -3.49. The van der Waals surface area contributed by atoms with Crippen LogP contribution in [0.3, 0.4) is 0 Å². The van der Waals surface area contributed by atoms with Crippen LogP contribution in [-0.2, 0) is 15.1 Å². The molecule has 156 valence electrons. The minimum atomic E-state index is -0.557. The monoisotopic (exact) mass is 408 g/mol. The Bertz CT molecular complexity index is 1190. The predicted molar refractivity (Wildman–Crippen MR) is 113 cm³/mol. The van der Waals surface area contributed by atoms with Gasteiger partial charge in [0.1, 0.15) is 11.7 Å². The number of benzene rings is 1. The van der Waals surface area contributed by atoms with Crippen molar-refractivity contribution in [2.75, 3.05) is 16.9 Å². The molecule has 1 N–H and O–H groups in total. The lowest BCUT2D eigenvalue weighted by Crippen LogP contribution is -2.37. The molecule has 2 aromatic heterocycles. The standard InChI is InChI=1S/C21H24N6O3/c1-13-5-7-15(8-6-13)25-11-14(9-17(25)28)19(29)24-26-12-22-18-16(20(26)30)10-23-27(18)21(2,3)4/h5-8,10,12,14H,9,11H2,1-4H3,(H,24,29)/t14-/m0/s1. The molecule has 3 heterocycles. The highest BCUT2D eigenvalue weighted by atomic mass is 16.2. The highest BCUT2D eigenvalue weighted by Gasteiger charge is 2.35. The van der Waals surface area contributed by atoms with E-state index in [1.54, 1.807) is 9.58 Å². The highest BCUT2D eigenvalue weighted by molar-refractivity contribution is 6.01. The third kappa shape index (κ3) is 3.47. The first-order valence-electron chi connectivity index (χ1n) is 9.79. The van der Waals surface area contributed by atoms with Gasteiger partial charge in [-0.05, 0) is 39.8 Å². The first-order chi connectivity index (χ1) is 14.1. The zero-order valence-electron chi connectivity index (χ0n) is 17.4. The highest BCUT2D eigenvalue weighted by Crippen LogP contribution is 2.25. The number of hydrogen-bond donors (Lipinski definition) is 1. The van der Waals surface area contributed by atoms with Gasteiger partial charge in [0.2, 0.25) is 11.8 Å². The van der Waals surface area contributed by atoms with Crippen molar-refractivity contribution in [3.63, 3.8) is 0 Å². The predicted octanol–water partition coefficient (Wildman–Crippen LogP) is 1.78. The number of hydrogen-bond acceptors (Lipinski definition) is 5. The number of carbonyl (C=O) groups is 2. The number of aryl methyl sites for hydroxylation is 1. The Balaban J connectivity index is 1.53. The van der Waals surface area contributed by atoms with E-state index in [9.17, 15) is 14.4 Å². The van der Waals surface area contributed by atoms with E-state index < -0.39 is 17.4 Å². The largest absolute Gasteiger partial charge is 0.312 e. The molecule has 3 aromatic rings. The molecule has 0 saturated carbocycles. The molecule has 1 aliphatic rings. The molecule has 4 rings (SSSR count). The van der Waals surface area contributed by atoms with Gasteiger partial charge in [0.25, 0.3) is 5.56 Å². The molecule has 0 unspecified atom stereocenters. The second-order valence-electron chi connectivity index (χ2n) is 8.60. The molecular weight excluding hydrogens is 384 g/mol. The molecule has 0 spiro atoms. The van der Waals surface area contributed by atoms with Crippen LogP contribution in [0.2, 0.25) is 0 Å². The number of fused-ring (bicyclic) bond motifs is 1. The van der Waals surface area contributed by atoms with Crippen molar-refractivity contribution < 1.29 is 9.59 Å². The van der Waals surface area contributed by atoms with Gasteiger partial charge in [-0.2, -0.15) is 5.10 Å². The van der Waals surface area contributed by atoms with Gasteiger partial charge < -0.3 is 4.90 Å². The summed E-state index contributed by atoms with van der Waals surface area (Å²) < 4.78 is 2.73. The minimum Gasteiger partial charge on any atom is -0.312 e. The second kappa shape index (κ2) is 7.08. The number of nitrogens with zero attached hydrogens (tertiary/aromatic N) is 5. The van der Waals surface area contributed by atoms with Crippen molar-refractivity contribution in [3.05, 3.63) is 52.7 Å². The summed E-state index contributed by atoms with van der Waals surface area (Å²) in [7, 11) is 0. The van der Waals surface area contributed by atoms with E-state index in [1.165, 1.54) is 12.5 Å². The molecule has 1 atom stereocenters. The second-order valence-corrected chi connectivity index (χ2v) is 8.60. The van der Waals surface area contributed by atoms with Gasteiger partial charge >= 0.3 is 0 Å². The van der Waals surface area contributed by atoms with Crippen LogP contribution >= 0.6 is 0 Å². The maximum atomic E-state index is 12.8. The first-order valence-corrected chi connectivity index (χ1v) is 9.79. The fraction of sp³-hybridized carbons (Fsp3) is 0.381. The summed E-state index contributed by atoms with van der Waals surface area (Å²) in [5.74, 6) is -1.07. The molecule has 30 heavy (non-hydrogen) atoms. The van der Waals surface area contributed by atoms with Crippen LogP contribution in [0.4, 0.5) is 5.69 Å². The molecular formula is C21H24N6O3. The van der Waals surface area contributed by atoms with E-state index in [-0.39, 0.29) is 24.4 Å². The van der Waals surface area contributed by atoms with Crippen molar-refractivity contribution in [1.29, 1.82) is 0 Å². The fourth-order valence-corrected chi connectivity index (χ4v) is 3.55. The van der Waals surface area contributed by atoms with Gasteiger partial charge in [0, 0.05) is 18.7 Å². The zero-order valence-corrected chi connectivity index (χ0v) is 17.4. The van der Waals surface area contributed by atoms with Crippen LogP contribution in [0.5, 0.6) is 0 Å². The van der Waals surface area contributed by atoms with E-state index >= 15 is 0 Å². The number of anilines is 1. The number of rotatable bonds is 3. The van der Waals surface area contributed by atoms with Crippen molar-refractivity contribution in [2.24, 2.45) is 5.92 Å². The SMILES string of the molecule is Cc1ccc(N2C[C@@H](C(=O)Nn3cnc4c(cnn4C(C)(C)C)c3=O)CC2=O)cc1. The average molecular weight is 408 g/mol. The number of nitrogens with one attached hydrogen (secondary N) is 1. The Morgan fingerprint density at radius 1 is 1.17 bits per heavy atom. The van der Waals surface area contributed by atoms with E-state index in [4.69, 9.17) is 0 Å². The fourth-order valence-electron chi connectivity index (χ4n) is 3.55. The van der Waals surface area contributed by atoms with Crippen LogP contribution < -0.4 is 15.9 Å². The van der Waals surface area contributed by atoms with Gasteiger partial charge in [0.05, 0.1) is 17.7 Å². The third-order valence-electron chi connectivity index (χ3n) is 5.20.